The second-order valence-corrected chi connectivity index (χ2v) is 7.55. The molecule has 1 fully saturated rings. The second kappa shape index (κ2) is 6.31. The van der Waals surface area contributed by atoms with Crippen molar-refractivity contribution < 1.29 is 8.42 Å². The van der Waals surface area contributed by atoms with Crippen molar-refractivity contribution >= 4 is 21.6 Å². The maximum atomic E-state index is 12.7. The van der Waals surface area contributed by atoms with E-state index in [2.05, 4.69) is 20.2 Å². The molecule has 0 bridgehead atoms. The van der Waals surface area contributed by atoms with Crippen molar-refractivity contribution in [3.63, 3.8) is 0 Å². The number of halogens is 1. The fourth-order valence-corrected chi connectivity index (χ4v) is 4.54. The largest absolute Gasteiger partial charge is 0.262 e. The first-order valence-electron chi connectivity index (χ1n) is 7.01. The summed E-state index contributed by atoms with van der Waals surface area (Å²) < 4.78 is 27.0. The van der Waals surface area contributed by atoms with Crippen LogP contribution in [0, 0.1) is 0 Å². The number of aromatic amines is 1. The predicted octanol–water partition coefficient (Wildman–Crippen LogP) is 1.91. The van der Waals surface area contributed by atoms with Crippen LogP contribution in [0.4, 0.5) is 0 Å². The first kappa shape index (κ1) is 15.4. The zero-order chi connectivity index (χ0) is 15.6. The van der Waals surface area contributed by atoms with Crippen LogP contribution in [0.3, 0.4) is 0 Å². The van der Waals surface area contributed by atoms with Crippen LogP contribution in [0.25, 0.3) is 0 Å². The first-order chi connectivity index (χ1) is 10.6. The van der Waals surface area contributed by atoms with Crippen molar-refractivity contribution in [2.45, 2.75) is 31.1 Å². The Hall–Kier alpha value is -1.51. The van der Waals surface area contributed by atoms with Gasteiger partial charge in [-0.15, -0.1) is 0 Å². The van der Waals surface area contributed by atoms with E-state index < -0.39 is 10.0 Å². The fourth-order valence-electron chi connectivity index (χ4n) is 2.67. The van der Waals surface area contributed by atoms with Gasteiger partial charge in [0.15, 0.2) is 0 Å². The minimum atomic E-state index is -3.46. The number of hydrogen-bond donors (Lipinski definition) is 1. The van der Waals surface area contributed by atoms with Gasteiger partial charge in [-0.2, -0.15) is 9.40 Å². The molecule has 9 heteroatoms. The van der Waals surface area contributed by atoms with Gasteiger partial charge < -0.3 is 0 Å². The Labute approximate surface area is 133 Å². The molecule has 1 aliphatic rings. The van der Waals surface area contributed by atoms with Crippen LogP contribution in [0.15, 0.2) is 24.7 Å². The Kier molecular flexibility index (Phi) is 4.42. The van der Waals surface area contributed by atoms with E-state index in [9.17, 15) is 8.42 Å². The van der Waals surface area contributed by atoms with Crippen molar-refractivity contribution in [3.8, 4) is 0 Å². The maximum absolute atomic E-state index is 12.7. The number of rotatable bonds is 4. The third-order valence-corrected chi connectivity index (χ3v) is 5.77. The van der Waals surface area contributed by atoms with E-state index in [0.29, 0.717) is 23.1 Å². The molecule has 0 radical (unpaired) electrons. The van der Waals surface area contributed by atoms with Crippen LogP contribution in [-0.4, -0.2) is 39.4 Å². The monoisotopic (exact) mass is 341 g/mol. The minimum absolute atomic E-state index is 0.0954. The summed E-state index contributed by atoms with van der Waals surface area (Å²) in [7, 11) is -3.46. The highest BCUT2D eigenvalue weighted by atomic mass is 35.5. The number of nitrogens with one attached hydrogen (secondary N) is 1. The van der Waals surface area contributed by atoms with E-state index in [1.807, 2.05) is 0 Å². The quantitative estimate of drug-likeness (QED) is 0.857. The molecular formula is C13H16ClN5O2S. The summed E-state index contributed by atoms with van der Waals surface area (Å²) in [5.41, 5.74) is 0.617. The van der Waals surface area contributed by atoms with Crippen molar-refractivity contribution in [2.24, 2.45) is 0 Å². The summed E-state index contributed by atoms with van der Waals surface area (Å²) >= 11 is 5.73. The number of pyridine rings is 1. The Morgan fingerprint density at radius 1 is 1.32 bits per heavy atom. The first-order valence-corrected chi connectivity index (χ1v) is 9.00. The molecule has 118 valence electrons. The Morgan fingerprint density at radius 3 is 2.86 bits per heavy atom. The summed E-state index contributed by atoms with van der Waals surface area (Å²) in [6.45, 7) is 0.495. The smallest absolute Gasteiger partial charge is 0.219 e. The lowest BCUT2D eigenvalue weighted by Gasteiger charge is -2.33. The molecule has 0 aliphatic carbocycles. The molecule has 22 heavy (non-hydrogen) atoms. The van der Waals surface area contributed by atoms with Gasteiger partial charge >= 0.3 is 0 Å². The van der Waals surface area contributed by atoms with Gasteiger partial charge in [0.2, 0.25) is 10.0 Å². The molecule has 2 aromatic rings. The van der Waals surface area contributed by atoms with Crippen molar-refractivity contribution in [3.05, 3.63) is 41.2 Å². The van der Waals surface area contributed by atoms with E-state index in [0.717, 1.165) is 19.3 Å². The number of aromatic nitrogens is 4. The van der Waals surface area contributed by atoms with Crippen LogP contribution in [-0.2, 0) is 15.8 Å². The normalized spacial score (nSPS) is 20.1. The molecule has 1 saturated heterocycles. The third-order valence-electron chi connectivity index (χ3n) is 3.70. The summed E-state index contributed by atoms with van der Waals surface area (Å²) in [5.74, 6) is 0.499. The maximum Gasteiger partial charge on any atom is 0.219 e. The molecule has 3 heterocycles. The van der Waals surface area contributed by atoms with E-state index in [1.54, 1.807) is 12.1 Å². The summed E-state index contributed by atoms with van der Waals surface area (Å²) in [4.78, 5) is 8.05. The molecule has 0 saturated carbocycles. The number of H-pyrrole nitrogens is 1. The minimum Gasteiger partial charge on any atom is -0.262 e. The average molecular weight is 342 g/mol. The molecule has 2 aromatic heterocycles. The number of nitrogens with zero attached hydrogens (tertiary/aromatic N) is 4. The average Bonchev–Trinajstić information content (AvgIpc) is 3.04. The second-order valence-electron chi connectivity index (χ2n) is 5.24. The highest BCUT2D eigenvalue weighted by molar-refractivity contribution is 7.88. The molecule has 3 rings (SSSR count). The molecule has 0 unspecified atom stereocenters. The van der Waals surface area contributed by atoms with Crippen LogP contribution >= 0.6 is 11.6 Å². The van der Waals surface area contributed by atoms with Gasteiger partial charge in [0, 0.05) is 12.7 Å². The van der Waals surface area contributed by atoms with E-state index in [-0.39, 0.29) is 11.8 Å². The third kappa shape index (κ3) is 3.29. The van der Waals surface area contributed by atoms with Crippen LogP contribution in [0.1, 0.15) is 36.7 Å². The molecule has 0 aromatic carbocycles. The van der Waals surface area contributed by atoms with Gasteiger partial charge in [-0.25, -0.2) is 18.4 Å². The van der Waals surface area contributed by atoms with E-state index in [1.165, 1.54) is 16.8 Å². The Morgan fingerprint density at radius 2 is 2.18 bits per heavy atom. The van der Waals surface area contributed by atoms with Crippen LogP contribution in [0.2, 0.25) is 5.15 Å². The lowest BCUT2D eigenvalue weighted by Crippen LogP contribution is -2.39. The molecule has 1 atom stereocenters. The highest BCUT2D eigenvalue weighted by Crippen LogP contribution is 2.32. The van der Waals surface area contributed by atoms with Gasteiger partial charge in [-0.1, -0.05) is 24.1 Å². The molecule has 1 N–H and O–H groups in total. The van der Waals surface area contributed by atoms with Crippen LogP contribution < -0.4 is 0 Å². The topological polar surface area (TPSA) is 91.8 Å². The number of piperidine rings is 1. The Bertz CT molecular complexity index is 717. The number of hydrogen-bond acceptors (Lipinski definition) is 5. The number of sulfonamides is 1. The summed E-state index contributed by atoms with van der Waals surface area (Å²) in [6.07, 6.45) is 5.46. The predicted molar refractivity (Wildman–Crippen MR) is 81.6 cm³/mol. The van der Waals surface area contributed by atoms with Gasteiger partial charge in [0.05, 0.1) is 11.8 Å². The molecule has 7 nitrogen and oxygen atoms in total. The van der Waals surface area contributed by atoms with Crippen molar-refractivity contribution in [1.29, 1.82) is 0 Å². The standard InChI is InChI=1S/C13H16ClN5O2S/c14-12-5-4-10(7-15-12)8-22(20,21)19-6-2-1-3-11(19)13-16-9-17-18-13/h4-5,7,9,11H,1-3,6,8H2,(H,16,17,18)/t11-/m0/s1. The van der Waals surface area contributed by atoms with Gasteiger partial charge in [-0.3, -0.25) is 5.10 Å². The fraction of sp³-hybridized carbons (Fsp3) is 0.462. The van der Waals surface area contributed by atoms with E-state index >= 15 is 0 Å². The zero-order valence-corrected chi connectivity index (χ0v) is 13.4. The van der Waals surface area contributed by atoms with Crippen molar-refractivity contribution in [1.82, 2.24) is 24.5 Å². The van der Waals surface area contributed by atoms with E-state index in [4.69, 9.17) is 11.6 Å². The summed E-state index contributed by atoms with van der Waals surface area (Å²) in [6, 6.07) is 3.00. The van der Waals surface area contributed by atoms with Crippen molar-refractivity contribution in [2.75, 3.05) is 6.54 Å². The molecular weight excluding hydrogens is 326 g/mol. The van der Waals surface area contributed by atoms with Crippen LogP contribution in [0.5, 0.6) is 0 Å². The van der Waals surface area contributed by atoms with Gasteiger partial charge in [0.1, 0.15) is 17.3 Å². The Balaban J connectivity index is 1.84. The lowest BCUT2D eigenvalue weighted by molar-refractivity contribution is 0.246. The molecule has 0 amide bonds. The van der Waals surface area contributed by atoms with Gasteiger partial charge in [-0.05, 0) is 24.5 Å². The van der Waals surface area contributed by atoms with Gasteiger partial charge in [0.25, 0.3) is 0 Å². The summed E-state index contributed by atoms with van der Waals surface area (Å²) in [5, 5.41) is 6.95. The molecule has 1 aliphatic heterocycles. The lowest BCUT2D eigenvalue weighted by atomic mass is 10.0. The zero-order valence-electron chi connectivity index (χ0n) is 11.8. The molecule has 0 spiro atoms. The highest BCUT2D eigenvalue weighted by Gasteiger charge is 2.34. The SMILES string of the molecule is O=S(=O)(Cc1ccc(Cl)nc1)N1CCCC[C@H]1c1ncn[nH]1.